The molecule has 0 aliphatic heterocycles. The molecule has 2 heteroatoms. The summed E-state index contributed by atoms with van der Waals surface area (Å²) in [5, 5.41) is 0. The smallest absolute Gasteiger partial charge is 0.293 e. The van der Waals surface area contributed by atoms with Crippen LogP contribution in [-0.4, -0.2) is 12.6 Å². The summed E-state index contributed by atoms with van der Waals surface area (Å²) >= 11 is 0. The Morgan fingerprint density at radius 3 is 2.56 bits per heavy atom. The molecule has 1 unspecified atom stereocenters. The second-order valence-corrected chi connectivity index (χ2v) is 1.91. The van der Waals surface area contributed by atoms with Crippen LogP contribution in [0.1, 0.15) is 20.8 Å². The fraction of sp³-hybridized carbons (Fsp3) is 0.571. The third-order valence-corrected chi connectivity index (χ3v) is 1.36. The van der Waals surface area contributed by atoms with Crippen LogP contribution in [0.25, 0.3) is 0 Å². The third kappa shape index (κ3) is 2.90. The highest BCUT2D eigenvalue weighted by molar-refractivity contribution is 5.38. The molecule has 9 heavy (non-hydrogen) atoms. The minimum atomic E-state index is -0.0764. The van der Waals surface area contributed by atoms with Crippen molar-refractivity contribution >= 4 is 6.47 Å². The number of carbonyl (C=O) groups is 1. The predicted octanol–water partition coefficient (Wildman–Crippen LogP) is 1.51. The summed E-state index contributed by atoms with van der Waals surface area (Å²) in [5.74, 6) is 0. The third-order valence-electron chi connectivity index (χ3n) is 1.36. The summed E-state index contributed by atoms with van der Waals surface area (Å²) < 4.78 is 4.65. The predicted molar refractivity (Wildman–Crippen MR) is 36.0 cm³/mol. The Labute approximate surface area is 55.5 Å². The number of carbonyl (C=O) groups excluding carboxylic acids is 1. The van der Waals surface area contributed by atoms with Gasteiger partial charge in [0.2, 0.25) is 0 Å². The van der Waals surface area contributed by atoms with E-state index in [1.807, 2.05) is 26.8 Å². The van der Waals surface area contributed by atoms with Crippen LogP contribution in [0.4, 0.5) is 0 Å². The molecule has 0 aromatic rings. The molecule has 0 N–H and O–H groups in total. The molecule has 0 fully saturated rings. The molecule has 52 valence electrons. The first-order valence-corrected chi connectivity index (χ1v) is 2.94. The number of ether oxygens (including phenoxy) is 1. The van der Waals surface area contributed by atoms with E-state index in [-0.39, 0.29) is 6.10 Å². The monoisotopic (exact) mass is 128 g/mol. The molecular formula is C7H12O2. The van der Waals surface area contributed by atoms with E-state index in [4.69, 9.17) is 0 Å². The molecule has 0 rings (SSSR count). The Kier molecular flexibility index (Phi) is 3.76. The van der Waals surface area contributed by atoms with Gasteiger partial charge in [-0.2, -0.15) is 0 Å². The minimum Gasteiger partial charge on any atom is -0.460 e. The fourth-order valence-corrected chi connectivity index (χ4v) is 0.425. The van der Waals surface area contributed by atoms with E-state index in [2.05, 4.69) is 4.74 Å². The number of hydrogen-bond acceptors (Lipinski definition) is 2. The van der Waals surface area contributed by atoms with Crippen LogP contribution in [0.5, 0.6) is 0 Å². The van der Waals surface area contributed by atoms with Crippen molar-refractivity contribution in [2.75, 3.05) is 0 Å². The number of rotatable bonds is 3. The van der Waals surface area contributed by atoms with Crippen LogP contribution in [0.15, 0.2) is 11.6 Å². The average molecular weight is 128 g/mol. The Hall–Kier alpha value is -0.790. The lowest BCUT2D eigenvalue weighted by atomic mass is 10.2. The standard InChI is InChI=1S/C7H12O2/c1-4-6(2)7(3)9-5-8/h4-5,7H,1-3H3. The van der Waals surface area contributed by atoms with Crippen molar-refractivity contribution < 1.29 is 9.53 Å². The highest BCUT2D eigenvalue weighted by atomic mass is 16.5. The molecule has 0 heterocycles. The van der Waals surface area contributed by atoms with E-state index < -0.39 is 0 Å². The lowest BCUT2D eigenvalue weighted by Gasteiger charge is -2.07. The molecule has 2 nitrogen and oxygen atoms in total. The van der Waals surface area contributed by atoms with Crippen molar-refractivity contribution in [3.63, 3.8) is 0 Å². The number of hydrogen-bond donors (Lipinski definition) is 0. The highest BCUT2D eigenvalue weighted by Gasteiger charge is 2.00. The van der Waals surface area contributed by atoms with Gasteiger partial charge < -0.3 is 4.74 Å². The molecule has 0 saturated carbocycles. The molecular weight excluding hydrogens is 116 g/mol. The minimum absolute atomic E-state index is 0.0764. The van der Waals surface area contributed by atoms with Gasteiger partial charge in [0, 0.05) is 0 Å². The second-order valence-electron chi connectivity index (χ2n) is 1.91. The molecule has 0 aliphatic rings. The molecule has 0 bridgehead atoms. The Morgan fingerprint density at radius 2 is 2.22 bits per heavy atom. The Balaban J connectivity index is 3.72. The number of allylic oxidation sites excluding steroid dienone is 1. The first-order chi connectivity index (χ1) is 4.22. The normalized spacial score (nSPS) is 14.8. The Morgan fingerprint density at radius 1 is 1.67 bits per heavy atom. The van der Waals surface area contributed by atoms with Crippen LogP contribution in [0, 0.1) is 0 Å². The van der Waals surface area contributed by atoms with Gasteiger partial charge in [0.1, 0.15) is 6.10 Å². The summed E-state index contributed by atoms with van der Waals surface area (Å²) in [6.07, 6.45) is 1.85. The van der Waals surface area contributed by atoms with Gasteiger partial charge in [-0.25, -0.2) is 0 Å². The highest BCUT2D eigenvalue weighted by Crippen LogP contribution is 2.02. The zero-order valence-corrected chi connectivity index (χ0v) is 6.05. The molecule has 0 radical (unpaired) electrons. The van der Waals surface area contributed by atoms with Gasteiger partial charge in [-0.3, -0.25) is 4.79 Å². The lowest BCUT2D eigenvalue weighted by Crippen LogP contribution is -2.07. The molecule has 0 aromatic heterocycles. The van der Waals surface area contributed by atoms with Crippen LogP contribution in [0.2, 0.25) is 0 Å². The zero-order valence-electron chi connectivity index (χ0n) is 6.05. The van der Waals surface area contributed by atoms with Gasteiger partial charge in [0.25, 0.3) is 6.47 Å². The van der Waals surface area contributed by atoms with Crippen molar-refractivity contribution in [1.29, 1.82) is 0 Å². The van der Waals surface area contributed by atoms with Crippen molar-refractivity contribution in [3.05, 3.63) is 11.6 Å². The van der Waals surface area contributed by atoms with Crippen LogP contribution in [-0.2, 0) is 9.53 Å². The van der Waals surface area contributed by atoms with Gasteiger partial charge in [-0.05, 0) is 26.3 Å². The van der Waals surface area contributed by atoms with Gasteiger partial charge in [-0.1, -0.05) is 6.08 Å². The second kappa shape index (κ2) is 4.13. The van der Waals surface area contributed by atoms with E-state index in [9.17, 15) is 4.79 Å². The lowest BCUT2D eigenvalue weighted by molar-refractivity contribution is -0.131. The molecule has 0 amide bonds. The van der Waals surface area contributed by atoms with Crippen molar-refractivity contribution in [3.8, 4) is 0 Å². The van der Waals surface area contributed by atoms with E-state index in [0.717, 1.165) is 5.57 Å². The van der Waals surface area contributed by atoms with Gasteiger partial charge in [-0.15, -0.1) is 0 Å². The van der Waals surface area contributed by atoms with Crippen LogP contribution in [0.3, 0.4) is 0 Å². The van der Waals surface area contributed by atoms with E-state index in [1.165, 1.54) is 0 Å². The molecule has 0 aliphatic carbocycles. The SMILES string of the molecule is CC=C(C)C(C)OC=O. The van der Waals surface area contributed by atoms with Crippen molar-refractivity contribution in [2.24, 2.45) is 0 Å². The molecule has 0 spiro atoms. The average Bonchev–Trinajstić information content (AvgIpc) is 1.87. The molecule has 1 atom stereocenters. The van der Waals surface area contributed by atoms with Gasteiger partial charge in [0.05, 0.1) is 0 Å². The summed E-state index contributed by atoms with van der Waals surface area (Å²) in [5.41, 5.74) is 1.07. The first-order valence-electron chi connectivity index (χ1n) is 2.94. The van der Waals surface area contributed by atoms with Crippen LogP contribution >= 0.6 is 0 Å². The Bertz CT molecular complexity index is 116. The first kappa shape index (κ1) is 8.21. The summed E-state index contributed by atoms with van der Waals surface area (Å²) in [4.78, 5) is 9.79. The topological polar surface area (TPSA) is 26.3 Å². The summed E-state index contributed by atoms with van der Waals surface area (Å²) in [6.45, 7) is 6.15. The summed E-state index contributed by atoms with van der Waals surface area (Å²) in [7, 11) is 0. The van der Waals surface area contributed by atoms with E-state index >= 15 is 0 Å². The maximum Gasteiger partial charge on any atom is 0.293 e. The maximum absolute atomic E-state index is 9.79. The largest absolute Gasteiger partial charge is 0.460 e. The summed E-state index contributed by atoms with van der Waals surface area (Å²) in [6, 6.07) is 0. The fourth-order valence-electron chi connectivity index (χ4n) is 0.425. The van der Waals surface area contributed by atoms with Gasteiger partial charge >= 0.3 is 0 Å². The quantitative estimate of drug-likeness (QED) is 0.425. The molecule has 0 aromatic carbocycles. The van der Waals surface area contributed by atoms with Crippen molar-refractivity contribution in [2.45, 2.75) is 26.9 Å². The van der Waals surface area contributed by atoms with E-state index in [0.29, 0.717) is 6.47 Å². The van der Waals surface area contributed by atoms with Gasteiger partial charge in [0.15, 0.2) is 0 Å². The van der Waals surface area contributed by atoms with Crippen molar-refractivity contribution in [1.82, 2.24) is 0 Å². The molecule has 0 saturated heterocycles. The maximum atomic E-state index is 9.79. The zero-order chi connectivity index (χ0) is 7.28. The van der Waals surface area contributed by atoms with E-state index in [1.54, 1.807) is 0 Å². The van der Waals surface area contributed by atoms with Crippen LogP contribution < -0.4 is 0 Å².